The molecule has 2 aliphatic rings. The Kier molecular flexibility index (Phi) is 5.70. The molecule has 6 nitrogen and oxygen atoms in total. The Morgan fingerprint density at radius 3 is 2.73 bits per heavy atom. The van der Waals surface area contributed by atoms with Crippen LogP contribution in [0.15, 0.2) is 24.3 Å². The van der Waals surface area contributed by atoms with E-state index < -0.39 is 18.4 Å². The van der Waals surface area contributed by atoms with E-state index in [1.165, 1.54) is 6.07 Å². The van der Waals surface area contributed by atoms with Crippen molar-refractivity contribution < 1.29 is 23.1 Å². The standard InChI is InChI=1S/C18H23F2N3O3/c1-22-13-6-7-14(22)11-23(9-8-13)17(25)16(24)21-10-12-4-2-3-5-15(12)26-18(19)20/h2-5,13-14,18H,6-11H2,1H3,(H,21,24)/t13-,14-/m0/s1. The van der Waals surface area contributed by atoms with Crippen molar-refractivity contribution in [2.45, 2.75) is 44.5 Å². The minimum atomic E-state index is -2.95. The van der Waals surface area contributed by atoms with Gasteiger partial charge in [0, 0.05) is 37.3 Å². The number of carbonyl (C=O) groups is 2. The van der Waals surface area contributed by atoms with Crippen LogP contribution in [0.5, 0.6) is 5.75 Å². The monoisotopic (exact) mass is 367 g/mol. The van der Waals surface area contributed by atoms with Crippen molar-refractivity contribution in [3.05, 3.63) is 29.8 Å². The molecule has 0 radical (unpaired) electrons. The lowest BCUT2D eigenvalue weighted by atomic mass is 10.1. The number of halogens is 2. The molecule has 2 atom stereocenters. The number of benzene rings is 1. The summed E-state index contributed by atoms with van der Waals surface area (Å²) in [5.74, 6) is -1.31. The number of nitrogens with zero attached hydrogens (tertiary/aromatic N) is 2. The predicted octanol–water partition coefficient (Wildman–Crippen LogP) is 1.60. The van der Waals surface area contributed by atoms with Gasteiger partial charge in [-0.15, -0.1) is 0 Å². The number of rotatable bonds is 4. The van der Waals surface area contributed by atoms with Gasteiger partial charge in [-0.05, 0) is 32.4 Å². The molecule has 2 saturated heterocycles. The minimum absolute atomic E-state index is 0.0102. The number of likely N-dealkylation sites (N-methyl/N-ethyl adjacent to an activating group) is 1. The third kappa shape index (κ3) is 4.12. The highest BCUT2D eigenvalue weighted by molar-refractivity contribution is 6.35. The molecule has 0 aliphatic carbocycles. The maximum absolute atomic E-state index is 12.5. The van der Waals surface area contributed by atoms with Crippen LogP contribution in [-0.4, -0.2) is 60.4 Å². The largest absolute Gasteiger partial charge is 0.434 e. The van der Waals surface area contributed by atoms with E-state index in [4.69, 9.17) is 0 Å². The van der Waals surface area contributed by atoms with E-state index in [0.29, 0.717) is 30.7 Å². The van der Waals surface area contributed by atoms with Gasteiger partial charge in [0.05, 0.1) is 0 Å². The molecule has 1 aromatic rings. The molecule has 1 aromatic carbocycles. The normalized spacial score (nSPS) is 23.0. The molecule has 2 aliphatic heterocycles. The molecule has 0 saturated carbocycles. The maximum Gasteiger partial charge on any atom is 0.387 e. The van der Waals surface area contributed by atoms with Crippen molar-refractivity contribution in [2.24, 2.45) is 0 Å². The fraction of sp³-hybridized carbons (Fsp3) is 0.556. The summed E-state index contributed by atoms with van der Waals surface area (Å²) < 4.78 is 29.3. The number of nitrogens with one attached hydrogen (secondary N) is 1. The van der Waals surface area contributed by atoms with Crippen LogP contribution in [0.2, 0.25) is 0 Å². The Morgan fingerprint density at radius 2 is 1.96 bits per heavy atom. The number of para-hydroxylation sites is 1. The maximum atomic E-state index is 12.5. The van der Waals surface area contributed by atoms with Gasteiger partial charge in [-0.25, -0.2) is 0 Å². The van der Waals surface area contributed by atoms with Crippen molar-refractivity contribution in [3.8, 4) is 5.75 Å². The molecule has 2 amide bonds. The number of carbonyl (C=O) groups excluding carboxylic acids is 2. The van der Waals surface area contributed by atoms with Crippen LogP contribution in [-0.2, 0) is 16.1 Å². The zero-order chi connectivity index (χ0) is 18.7. The Balaban J connectivity index is 1.58. The van der Waals surface area contributed by atoms with Gasteiger partial charge in [0.1, 0.15) is 5.75 Å². The molecule has 0 unspecified atom stereocenters. The highest BCUT2D eigenvalue weighted by atomic mass is 19.3. The van der Waals surface area contributed by atoms with Crippen LogP contribution in [0.3, 0.4) is 0 Å². The Morgan fingerprint density at radius 1 is 1.23 bits per heavy atom. The summed E-state index contributed by atoms with van der Waals surface area (Å²) in [6, 6.07) is 6.96. The summed E-state index contributed by atoms with van der Waals surface area (Å²) in [5.41, 5.74) is 0.392. The van der Waals surface area contributed by atoms with Gasteiger partial charge >= 0.3 is 18.4 Å². The summed E-state index contributed by atoms with van der Waals surface area (Å²) in [4.78, 5) is 28.6. The van der Waals surface area contributed by atoms with E-state index in [1.54, 1.807) is 23.1 Å². The summed E-state index contributed by atoms with van der Waals surface area (Å²) in [7, 11) is 2.07. The second-order valence-corrected chi connectivity index (χ2v) is 6.76. The first-order valence-electron chi connectivity index (χ1n) is 8.77. The lowest BCUT2D eigenvalue weighted by Gasteiger charge is -2.25. The fourth-order valence-corrected chi connectivity index (χ4v) is 3.75. The Hall–Kier alpha value is -2.22. The van der Waals surface area contributed by atoms with Crippen molar-refractivity contribution in [3.63, 3.8) is 0 Å². The van der Waals surface area contributed by atoms with E-state index in [0.717, 1.165) is 19.3 Å². The smallest absolute Gasteiger partial charge is 0.387 e. The number of alkyl halides is 2. The third-order valence-corrected chi connectivity index (χ3v) is 5.26. The molecular formula is C18H23F2N3O3. The lowest BCUT2D eigenvalue weighted by Crippen LogP contribution is -2.46. The molecule has 2 fully saturated rings. The fourth-order valence-electron chi connectivity index (χ4n) is 3.75. The third-order valence-electron chi connectivity index (χ3n) is 5.26. The average Bonchev–Trinajstić information content (AvgIpc) is 2.85. The van der Waals surface area contributed by atoms with E-state index in [1.807, 2.05) is 0 Å². The van der Waals surface area contributed by atoms with Crippen molar-refractivity contribution >= 4 is 11.8 Å². The summed E-state index contributed by atoms with van der Waals surface area (Å²) in [5, 5.41) is 2.52. The van der Waals surface area contributed by atoms with E-state index >= 15 is 0 Å². The molecule has 2 bridgehead atoms. The number of hydrogen-bond donors (Lipinski definition) is 1. The van der Waals surface area contributed by atoms with Crippen LogP contribution in [0.25, 0.3) is 0 Å². The Bertz CT molecular complexity index is 671. The van der Waals surface area contributed by atoms with E-state index in [9.17, 15) is 18.4 Å². The summed E-state index contributed by atoms with van der Waals surface area (Å²) in [6.07, 6.45) is 3.03. The molecule has 3 rings (SSSR count). The van der Waals surface area contributed by atoms with Gasteiger partial charge in [0.15, 0.2) is 0 Å². The predicted molar refractivity (Wildman–Crippen MR) is 90.7 cm³/mol. The van der Waals surface area contributed by atoms with Crippen LogP contribution in [0.4, 0.5) is 8.78 Å². The molecule has 26 heavy (non-hydrogen) atoms. The van der Waals surface area contributed by atoms with Crippen LogP contribution in [0.1, 0.15) is 24.8 Å². The van der Waals surface area contributed by atoms with Crippen LogP contribution in [0, 0.1) is 0 Å². The van der Waals surface area contributed by atoms with Gasteiger partial charge in [0.2, 0.25) is 0 Å². The molecule has 2 heterocycles. The van der Waals surface area contributed by atoms with Crippen LogP contribution < -0.4 is 10.1 Å². The van der Waals surface area contributed by atoms with E-state index in [2.05, 4.69) is 22.0 Å². The van der Waals surface area contributed by atoms with Gasteiger partial charge in [0.25, 0.3) is 0 Å². The summed E-state index contributed by atoms with van der Waals surface area (Å²) in [6.45, 7) is -1.89. The quantitative estimate of drug-likeness (QED) is 0.822. The second kappa shape index (κ2) is 7.99. The molecule has 8 heteroatoms. The van der Waals surface area contributed by atoms with Crippen molar-refractivity contribution in [1.82, 2.24) is 15.1 Å². The molecular weight excluding hydrogens is 344 g/mol. The van der Waals surface area contributed by atoms with Gasteiger partial charge in [-0.3, -0.25) is 14.5 Å². The number of fused-ring (bicyclic) bond motifs is 2. The van der Waals surface area contributed by atoms with Crippen LogP contribution >= 0.6 is 0 Å². The first-order chi connectivity index (χ1) is 12.5. The SMILES string of the molecule is CN1[C@H]2CC[C@H]1CN(C(=O)C(=O)NCc1ccccc1OC(F)F)CC2. The molecule has 0 aromatic heterocycles. The zero-order valence-electron chi connectivity index (χ0n) is 14.7. The first kappa shape index (κ1) is 18.6. The number of amides is 2. The number of ether oxygens (including phenoxy) is 1. The highest BCUT2D eigenvalue weighted by Crippen LogP contribution is 2.28. The van der Waals surface area contributed by atoms with Gasteiger partial charge < -0.3 is 15.0 Å². The topological polar surface area (TPSA) is 61.9 Å². The van der Waals surface area contributed by atoms with E-state index in [-0.39, 0.29) is 12.3 Å². The number of likely N-dealkylation sites (tertiary alicyclic amines) is 1. The Labute approximate surface area is 151 Å². The van der Waals surface area contributed by atoms with Gasteiger partial charge in [-0.2, -0.15) is 8.78 Å². The molecule has 142 valence electrons. The first-order valence-corrected chi connectivity index (χ1v) is 8.77. The second-order valence-electron chi connectivity index (χ2n) is 6.76. The minimum Gasteiger partial charge on any atom is -0.434 e. The zero-order valence-corrected chi connectivity index (χ0v) is 14.7. The summed E-state index contributed by atoms with van der Waals surface area (Å²) >= 11 is 0. The molecule has 0 spiro atoms. The number of hydrogen-bond acceptors (Lipinski definition) is 4. The lowest BCUT2D eigenvalue weighted by molar-refractivity contribution is -0.146. The highest BCUT2D eigenvalue weighted by Gasteiger charge is 2.37. The average molecular weight is 367 g/mol. The molecule has 1 N–H and O–H groups in total. The van der Waals surface area contributed by atoms with Gasteiger partial charge in [-0.1, -0.05) is 18.2 Å². The van der Waals surface area contributed by atoms with Crippen molar-refractivity contribution in [2.75, 3.05) is 20.1 Å². The van der Waals surface area contributed by atoms with Crippen molar-refractivity contribution in [1.29, 1.82) is 0 Å².